The van der Waals surface area contributed by atoms with Crippen LogP contribution < -0.4 is 12.4 Å². The Kier molecular flexibility index (Phi) is 4.21. The number of fused-ring (bicyclic) bond motifs is 2. The summed E-state index contributed by atoms with van der Waals surface area (Å²) >= 11 is 1.27. The monoisotopic (exact) mass is 498 g/mol. The molecule has 0 aromatic heterocycles. The zero-order valence-electron chi connectivity index (χ0n) is 13.5. The van der Waals surface area contributed by atoms with E-state index in [4.69, 9.17) is 0 Å². The Bertz CT molecular complexity index is 837. The molecule has 4 unspecified atom stereocenters. The molecule has 1 saturated carbocycles. The van der Waals surface area contributed by atoms with Crippen molar-refractivity contribution in [1.82, 2.24) is 0 Å². The van der Waals surface area contributed by atoms with Gasteiger partial charge in [-0.05, 0) is 0 Å². The minimum absolute atomic E-state index is 0. The fourth-order valence-electron chi connectivity index (χ4n) is 4.83. The first kappa shape index (κ1) is 16.5. The van der Waals surface area contributed by atoms with Gasteiger partial charge in [0, 0.05) is 0 Å². The normalized spacial score (nSPS) is 31.9. The van der Waals surface area contributed by atoms with Gasteiger partial charge in [0.25, 0.3) is 0 Å². The Balaban J connectivity index is 0.00000146. The first-order chi connectivity index (χ1) is 11.3. The Labute approximate surface area is 165 Å². The second-order valence-electron chi connectivity index (χ2n) is 7.17. The van der Waals surface area contributed by atoms with Crippen molar-refractivity contribution < 1.29 is 36.8 Å². The fraction of sp³-hybridized carbons (Fsp3) is 0.273. The molecule has 5 rings (SSSR count). The fourth-order valence-corrected chi connectivity index (χ4v) is 7.42. The number of allylic oxidation sites excluding steroid dienone is 2. The van der Waals surface area contributed by atoms with E-state index < -0.39 is 0 Å². The SMILES string of the molecule is [Cl-].[Hf+][C]1(C2C=Cc3ccccc32)CCC1C1C=Cc2ccccc21. The molecular formula is C22H19ClHf. The molecular weight excluding hydrogens is 478 g/mol. The maximum atomic E-state index is 2.49. The van der Waals surface area contributed by atoms with Gasteiger partial charge in [-0.3, -0.25) is 0 Å². The van der Waals surface area contributed by atoms with Gasteiger partial charge in [-0.25, -0.2) is 0 Å². The molecule has 1 fully saturated rings. The second-order valence-corrected chi connectivity index (χ2v) is 10.5. The van der Waals surface area contributed by atoms with Crippen molar-refractivity contribution in [3.63, 3.8) is 0 Å². The maximum absolute atomic E-state index is 2.49. The van der Waals surface area contributed by atoms with E-state index in [1.54, 1.807) is 11.1 Å². The molecule has 3 aliphatic rings. The minimum atomic E-state index is 0. The predicted molar refractivity (Wildman–Crippen MR) is 91.9 cm³/mol. The van der Waals surface area contributed by atoms with Gasteiger partial charge in [0.2, 0.25) is 0 Å². The topological polar surface area (TPSA) is 0 Å². The summed E-state index contributed by atoms with van der Waals surface area (Å²) in [5, 5.41) is 0. The molecule has 0 nitrogen and oxygen atoms in total. The quantitative estimate of drug-likeness (QED) is 0.561. The molecule has 4 atom stereocenters. The van der Waals surface area contributed by atoms with E-state index in [1.165, 1.54) is 48.3 Å². The number of benzene rings is 2. The average molecular weight is 497 g/mol. The predicted octanol–water partition coefficient (Wildman–Crippen LogP) is 2.73. The Hall–Kier alpha value is -0.920. The third-order valence-electron chi connectivity index (χ3n) is 6.16. The number of rotatable bonds is 2. The van der Waals surface area contributed by atoms with E-state index in [9.17, 15) is 0 Å². The van der Waals surface area contributed by atoms with E-state index >= 15 is 0 Å². The summed E-state index contributed by atoms with van der Waals surface area (Å²) in [6.07, 6.45) is 12.5. The van der Waals surface area contributed by atoms with Crippen molar-refractivity contribution in [2.24, 2.45) is 5.92 Å². The van der Waals surface area contributed by atoms with E-state index in [-0.39, 0.29) is 12.4 Å². The van der Waals surface area contributed by atoms with Crippen LogP contribution in [0.5, 0.6) is 0 Å². The van der Waals surface area contributed by atoms with Gasteiger partial charge >= 0.3 is 153 Å². The van der Waals surface area contributed by atoms with Crippen LogP contribution in [0.25, 0.3) is 12.2 Å². The molecule has 0 spiro atoms. The Morgan fingerprint density at radius 3 is 2.17 bits per heavy atom. The molecule has 2 heteroatoms. The molecule has 0 aliphatic heterocycles. The molecule has 2 aromatic rings. The standard InChI is InChI=1S/C22H19.ClH.Hf/c1-3-7-17-15(5-1)9-11-19(17)21-13-14-22(21)20-12-10-16-6-2-4-8-18(16)20;;/h1-12,19-21H,13-14H2;1H;/q;;+1/p-1. The number of hydrogen-bond donors (Lipinski definition) is 0. The van der Waals surface area contributed by atoms with E-state index in [0.29, 0.717) is 15.0 Å². The summed E-state index contributed by atoms with van der Waals surface area (Å²) in [6, 6.07) is 18.0. The van der Waals surface area contributed by atoms with Crippen LogP contribution in [0.4, 0.5) is 0 Å². The van der Waals surface area contributed by atoms with E-state index in [2.05, 4.69) is 72.8 Å². The Morgan fingerprint density at radius 2 is 1.46 bits per heavy atom. The molecule has 0 heterocycles. The molecule has 0 N–H and O–H groups in total. The van der Waals surface area contributed by atoms with E-state index in [1.807, 2.05) is 0 Å². The first-order valence-electron chi connectivity index (χ1n) is 8.57. The van der Waals surface area contributed by atoms with Gasteiger partial charge in [-0.1, -0.05) is 0 Å². The molecule has 3 aliphatic carbocycles. The number of hydrogen-bond acceptors (Lipinski definition) is 0. The van der Waals surface area contributed by atoms with Crippen LogP contribution in [0.2, 0.25) is 3.17 Å². The van der Waals surface area contributed by atoms with Crippen molar-refractivity contribution in [2.45, 2.75) is 27.8 Å². The molecule has 0 amide bonds. The van der Waals surface area contributed by atoms with Gasteiger partial charge in [0.1, 0.15) is 0 Å². The third-order valence-corrected chi connectivity index (χ3v) is 9.50. The molecule has 24 heavy (non-hydrogen) atoms. The zero-order chi connectivity index (χ0) is 15.4. The number of halogens is 1. The third kappa shape index (κ3) is 2.28. The van der Waals surface area contributed by atoms with Crippen molar-refractivity contribution in [3.8, 4) is 0 Å². The van der Waals surface area contributed by atoms with Crippen LogP contribution in [0.3, 0.4) is 0 Å². The molecule has 0 saturated heterocycles. The molecule has 0 bridgehead atoms. The van der Waals surface area contributed by atoms with Crippen molar-refractivity contribution in [2.75, 3.05) is 0 Å². The first-order valence-corrected chi connectivity index (χ1v) is 10.4. The van der Waals surface area contributed by atoms with Crippen LogP contribution in [0.15, 0.2) is 60.7 Å². The van der Waals surface area contributed by atoms with Crippen LogP contribution >= 0.6 is 0 Å². The van der Waals surface area contributed by atoms with Gasteiger partial charge in [0.05, 0.1) is 0 Å². The Morgan fingerprint density at radius 1 is 0.833 bits per heavy atom. The van der Waals surface area contributed by atoms with E-state index in [0.717, 1.165) is 5.92 Å². The second kappa shape index (κ2) is 6.11. The zero-order valence-corrected chi connectivity index (χ0v) is 17.8. The summed E-state index contributed by atoms with van der Waals surface area (Å²) in [7, 11) is 0. The summed E-state index contributed by atoms with van der Waals surface area (Å²) in [4.78, 5) is 0. The summed E-state index contributed by atoms with van der Waals surface area (Å²) < 4.78 is 0.523. The summed E-state index contributed by atoms with van der Waals surface area (Å²) in [5.41, 5.74) is 6.02. The van der Waals surface area contributed by atoms with Gasteiger partial charge in [-0.15, -0.1) is 0 Å². The van der Waals surface area contributed by atoms with Crippen LogP contribution in [0.1, 0.15) is 46.9 Å². The van der Waals surface area contributed by atoms with Crippen LogP contribution in [-0.2, 0) is 24.4 Å². The van der Waals surface area contributed by atoms with Crippen molar-refractivity contribution in [3.05, 3.63) is 82.9 Å². The summed E-state index contributed by atoms with van der Waals surface area (Å²) in [6.45, 7) is 0. The van der Waals surface area contributed by atoms with Gasteiger partial charge in [0.15, 0.2) is 0 Å². The molecule has 118 valence electrons. The van der Waals surface area contributed by atoms with Gasteiger partial charge in [-0.2, -0.15) is 0 Å². The summed E-state index contributed by atoms with van der Waals surface area (Å²) in [5.74, 6) is 2.10. The van der Waals surface area contributed by atoms with Crippen molar-refractivity contribution in [1.29, 1.82) is 0 Å². The molecule has 2 aromatic carbocycles. The van der Waals surface area contributed by atoms with Crippen LogP contribution in [0, 0.1) is 5.92 Å². The van der Waals surface area contributed by atoms with Crippen LogP contribution in [-0.4, -0.2) is 0 Å². The van der Waals surface area contributed by atoms with Crippen molar-refractivity contribution >= 4 is 12.2 Å². The molecule has 0 radical (unpaired) electrons. The average Bonchev–Trinajstić information content (AvgIpc) is 3.18. The van der Waals surface area contributed by atoms with Gasteiger partial charge < -0.3 is 12.4 Å².